The van der Waals surface area contributed by atoms with Gasteiger partial charge in [0, 0.05) is 50.3 Å². The van der Waals surface area contributed by atoms with Gasteiger partial charge in [-0.05, 0) is 67.9 Å². The van der Waals surface area contributed by atoms with Gasteiger partial charge < -0.3 is 14.5 Å². The number of fused-ring (bicyclic) bond motifs is 1. The zero-order valence-corrected chi connectivity index (χ0v) is 26.4. The van der Waals surface area contributed by atoms with Crippen LogP contribution < -0.4 is 10.4 Å². The second kappa shape index (κ2) is 12.4. The van der Waals surface area contributed by atoms with E-state index in [0.717, 1.165) is 43.0 Å². The van der Waals surface area contributed by atoms with Crippen molar-refractivity contribution in [1.82, 2.24) is 23.2 Å². The topological polar surface area (TPSA) is 97.1 Å². The third-order valence-corrected chi connectivity index (χ3v) is 10.7. The third kappa shape index (κ3) is 5.65. The number of carbonyl (C=O) groups is 1. The highest BCUT2D eigenvalue weighted by Crippen LogP contribution is 2.30. The summed E-state index contributed by atoms with van der Waals surface area (Å²) in [5, 5.41) is 0.317. The minimum Gasteiger partial charge on any atom is -0.497 e. The summed E-state index contributed by atoms with van der Waals surface area (Å²) in [7, 11) is -0.751. The summed E-state index contributed by atoms with van der Waals surface area (Å²) in [6.45, 7) is 4.96. The predicted molar refractivity (Wildman–Crippen MR) is 170 cm³/mol. The fourth-order valence-electron chi connectivity index (χ4n) is 6.35. The Labute approximate surface area is 262 Å². The fourth-order valence-corrected chi connectivity index (χ4v) is 7.91. The highest BCUT2D eigenvalue weighted by atomic mass is 35.5. The number of nitrogens with zero attached hydrogens (tertiary/aromatic N) is 5. The molecule has 6 rings (SSSR count). The van der Waals surface area contributed by atoms with Crippen molar-refractivity contribution in [3.63, 3.8) is 0 Å². The Morgan fingerprint density at radius 3 is 2.32 bits per heavy atom. The molecule has 0 spiro atoms. The summed E-state index contributed by atoms with van der Waals surface area (Å²) >= 11 is 6.42. The van der Waals surface area contributed by atoms with Crippen molar-refractivity contribution < 1.29 is 17.9 Å². The van der Waals surface area contributed by atoms with Crippen molar-refractivity contribution >= 4 is 38.6 Å². The molecule has 2 atom stereocenters. The number of hydrogen-bond acceptors (Lipinski definition) is 7. The van der Waals surface area contributed by atoms with Crippen LogP contribution in [-0.2, 0) is 14.8 Å². The van der Waals surface area contributed by atoms with Gasteiger partial charge in [-0.2, -0.15) is 3.97 Å². The van der Waals surface area contributed by atoms with Gasteiger partial charge in [-0.25, -0.2) is 13.2 Å². The van der Waals surface area contributed by atoms with E-state index in [1.54, 1.807) is 24.3 Å². The van der Waals surface area contributed by atoms with Crippen LogP contribution in [0.15, 0.2) is 82.5 Å². The minimum absolute atomic E-state index is 0.0805. The Kier molecular flexibility index (Phi) is 8.56. The van der Waals surface area contributed by atoms with E-state index in [1.165, 1.54) is 42.0 Å². The summed E-state index contributed by atoms with van der Waals surface area (Å²) < 4.78 is 35.3. The quantitative estimate of drug-likeness (QED) is 0.306. The van der Waals surface area contributed by atoms with Gasteiger partial charge in [0.05, 0.1) is 23.0 Å². The lowest BCUT2D eigenvalue weighted by Crippen LogP contribution is -2.56. The lowest BCUT2D eigenvalue weighted by Gasteiger charge is -2.43. The Morgan fingerprint density at radius 1 is 0.932 bits per heavy atom. The van der Waals surface area contributed by atoms with Crippen LogP contribution in [0.25, 0.3) is 11.0 Å². The van der Waals surface area contributed by atoms with E-state index >= 15 is 0 Å². The number of imidazole rings is 1. The molecule has 12 heteroatoms. The average Bonchev–Trinajstić information content (AvgIpc) is 3.33. The van der Waals surface area contributed by atoms with Crippen LogP contribution in [0, 0.1) is 0 Å². The van der Waals surface area contributed by atoms with Gasteiger partial charge in [-0.3, -0.25) is 14.3 Å². The molecule has 0 saturated carbocycles. The SMILES string of the molecule is COc1ccc(S(=O)(=O)n2c(=O)n(C(C(=O)N3CCCC(N4CCN(C)CC4)C3)c3ccccc3)c3cc(Cl)ccc32)cc1. The number of piperidine rings is 1. The van der Waals surface area contributed by atoms with Crippen LogP contribution in [-0.4, -0.2) is 97.0 Å². The highest BCUT2D eigenvalue weighted by molar-refractivity contribution is 7.90. The Morgan fingerprint density at radius 2 is 1.64 bits per heavy atom. The molecule has 2 unspecified atom stereocenters. The lowest BCUT2D eigenvalue weighted by molar-refractivity contribution is -0.136. The van der Waals surface area contributed by atoms with Crippen LogP contribution in [0.5, 0.6) is 5.75 Å². The molecule has 2 fully saturated rings. The number of ether oxygens (including phenoxy) is 1. The number of likely N-dealkylation sites (tertiary alicyclic amines) is 1. The van der Waals surface area contributed by atoms with Crippen molar-refractivity contribution in [2.75, 3.05) is 53.4 Å². The van der Waals surface area contributed by atoms with E-state index in [9.17, 15) is 18.0 Å². The molecule has 2 aliphatic heterocycles. The molecule has 1 aromatic heterocycles. The van der Waals surface area contributed by atoms with Crippen LogP contribution in [0.2, 0.25) is 5.02 Å². The van der Waals surface area contributed by atoms with Crippen molar-refractivity contribution in [1.29, 1.82) is 0 Å². The molecular formula is C32H36ClN5O5S. The molecule has 0 aliphatic carbocycles. The number of amides is 1. The van der Waals surface area contributed by atoms with E-state index in [-0.39, 0.29) is 27.9 Å². The first-order valence-electron chi connectivity index (χ1n) is 14.8. The Hall–Kier alpha value is -3.64. The molecule has 0 bridgehead atoms. The third-order valence-electron chi connectivity index (χ3n) is 8.76. The zero-order valence-electron chi connectivity index (χ0n) is 24.8. The number of halogens is 1. The molecule has 4 aromatic rings. The molecule has 0 N–H and O–H groups in total. The van der Waals surface area contributed by atoms with Gasteiger partial charge in [-0.1, -0.05) is 41.9 Å². The van der Waals surface area contributed by atoms with Crippen molar-refractivity contribution in [3.05, 3.63) is 93.9 Å². The van der Waals surface area contributed by atoms with Crippen LogP contribution in [0.4, 0.5) is 0 Å². The average molecular weight is 638 g/mol. The fraction of sp³-hybridized carbons (Fsp3) is 0.375. The number of hydrogen-bond donors (Lipinski definition) is 0. The summed E-state index contributed by atoms with van der Waals surface area (Å²) in [6.07, 6.45) is 1.84. The summed E-state index contributed by atoms with van der Waals surface area (Å²) in [4.78, 5) is 35.5. The van der Waals surface area contributed by atoms with Crippen molar-refractivity contribution in [2.24, 2.45) is 0 Å². The molecule has 3 heterocycles. The van der Waals surface area contributed by atoms with Crippen LogP contribution >= 0.6 is 11.6 Å². The monoisotopic (exact) mass is 637 g/mol. The molecule has 2 saturated heterocycles. The maximum atomic E-state index is 14.6. The van der Waals surface area contributed by atoms with Gasteiger partial charge in [0.15, 0.2) is 0 Å². The van der Waals surface area contributed by atoms with E-state index < -0.39 is 21.8 Å². The van der Waals surface area contributed by atoms with Gasteiger partial charge in [0.2, 0.25) is 0 Å². The first-order valence-corrected chi connectivity index (χ1v) is 16.6. The Bertz CT molecular complexity index is 1820. The van der Waals surface area contributed by atoms with E-state index in [1.807, 2.05) is 23.1 Å². The zero-order chi connectivity index (χ0) is 31.0. The summed E-state index contributed by atoms with van der Waals surface area (Å²) in [5.74, 6) is 0.231. The van der Waals surface area contributed by atoms with Crippen molar-refractivity contribution in [3.8, 4) is 5.75 Å². The molecular weight excluding hydrogens is 602 g/mol. The number of rotatable bonds is 7. The smallest absolute Gasteiger partial charge is 0.344 e. The van der Waals surface area contributed by atoms with Crippen molar-refractivity contribution in [2.45, 2.75) is 29.8 Å². The number of benzene rings is 3. The van der Waals surface area contributed by atoms with Gasteiger partial charge in [-0.15, -0.1) is 0 Å². The van der Waals surface area contributed by atoms with Gasteiger partial charge in [0.1, 0.15) is 11.8 Å². The van der Waals surface area contributed by atoms with Gasteiger partial charge >= 0.3 is 5.69 Å². The van der Waals surface area contributed by atoms with Crippen LogP contribution in [0.1, 0.15) is 24.4 Å². The highest BCUT2D eigenvalue weighted by Gasteiger charge is 2.37. The summed E-state index contributed by atoms with van der Waals surface area (Å²) in [5.41, 5.74) is 0.141. The molecule has 1 amide bonds. The first kappa shape index (κ1) is 30.4. The van der Waals surface area contributed by atoms with E-state index in [2.05, 4.69) is 16.8 Å². The lowest BCUT2D eigenvalue weighted by atomic mass is 9.99. The molecule has 3 aromatic carbocycles. The molecule has 44 heavy (non-hydrogen) atoms. The first-order chi connectivity index (χ1) is 21.2. The second-order valence-corrected chi connectivity index (χ2v) is 13.7. The molecule has 0 radical (unpaired) electrons. The van der Waals surface area contributed by atoms with E-state index in [0.29, 0.717) is 29.4 Å². The number of likely N-dealkylation sites (N-methyl/N-ethyl adjacent to an activating group) is 1. The Balaban J connectivity index is 1.47. The van der Waals surface area contributed by atoms with Gasteiger partial charge in [0.25, 0.3) is 15.9 Å². The standard InChI is InChI=1S/C32H36ClN5O5S/c1-34-17-19-35(20-18-34)25-9-6-16-36(22-25)31(39)30(23-7-4-3-5-8-23)37-29-21-24(33)10-15-28(29)38(32(37)40)44(41,42)27-13-11-26(43-2)12-14-27/h3-5,7-8,10-15,21,25,30H,6,9,16-20,22H2,1-2H3. The maximum Gasteiger partial charge on any atom is 0.344 e. The maximum absolute atomic E-state index is 14.6. The summed E-state index contributed by atoms with van der Waals surface area (Å²) in [6, 6.07) is 18.6. The molecule has 232 valence electrons. The van der Waals surface area contributed by atoms with Crippen LogP contribution in [0.3, 0.4) is 0 Å². The predicted octanol–water partition coefficient (Wildman–Crippen LogP) is 3.53. The molecule has 2 aliphatic rings. The number of aromatic nitrogens is 2. The number of methoxy groups -OCH3 is 1. The normalized spacial score (nSPS) is 19.2. The second-order valence-electron chi connectivity index (χ2n) is 11.5. The minimum atomic E-state index is -4.36. The number of carbonyl (C=O) groups excluding carboxylic acids is 1. The largest absolute Gasteiger partial charge is 0.497 e. The number of piperazine rings is 1. The van der Waals surface area contributed by atoms with E-state index in [4.69, 9.17) is 16.3 Å². The molecule has 10 nitrogen and oxygen atoms in total.